The highest BCUT2D eigenvalue weighted by Gasteiger charge is 2.26. The van der Waals surface area contributed by atoms with E-state index >= 15 is 0 Å². The summed E-state index contributed by atoms with van der Waals surface area (Å²) in [5.74, 6) is 1.59. The molecule has 3 heterocycles. The van der Waals surface area contributed by atoms with Gasteiger partial charge < -0.3 is 14.3 Å². The minimum Gasteiger partial charge on any atom is -0.361 e. The standard InChI is InChI=1S/C16H16N4O2S/c1-11-13(10-17-22-11)16(21)20-8-6-19(7-9-20)15-12-4-2-3-5-14(12)23-18-15/h2-5,10H,6-9H2,1H3. The zero-order valence-electron chi connectivity index (χ0n) is 12.7. The summed E-state index contributed by atoms with van der Waals surface area (Å²) in [4.78, 5) is 16.6. The molecule has 0 saturated carbocycles. The Morgan fingerprint density at radius 3 is 2.74 bits per heavy atom. The summed E-state index contributed by atoms with van der Waals surface area (Å²) in [6.07, 6.45) is 1.50. The van der Waals surface area contributed by atoms with Crippen molar-refractivity contribution in [2.45, 2.75) is 6.92 Å². The minimum atomic E-state index is -0.00784. The number of aryl methyl sites for hydroxylation is 1. The number of nitrogens with zero attached hydrogens (tertiary/aromatic N) is 4. The number of aromatic nitrogens is 2. The topological polar surface area (TPSA) is 62.5 Å². The predicted molar refractivity (Wildman–Crippen MR) is 89.0 cm³/mol. The average molecular weight is 328 g/mol. The fraction of sp³-hybridized carbons (Fsp3) is 0.312. The van der Waals surface area contributed by atoms with Crippen molar-refractivity contribution in [3.8, 4) is 0 Å². The van der Waals surface area contributed by atoms with E-state index in [0.717, 1.165) is 18.9 Å². The quantitative estimate of drug-likeness (QED) is 0.723. The zero-order valence-corrected chi connectivity index (χ0v) is 13.5. The molecule has 0 aliphatic carbocycles. The molecule has 1 fully saturated rings. The Labute approximate surface area is 137 Å². The van der Waals surface area contributed by atoms with Gasteiger partial charge in [-0.05, 0) is 30.6 Å². The van der Waals surface area contributed by atoms with Crippen LogP contribution in [0.15, 0.2) is 35.0 Å². The smallest absolute Gasteiger partial charge is 0.259 e. The molecule has 6 nitrogen and oxygen atoms in total. The molecule has 7 heteroatoms. The molecular formula is C16H16N4O2S. The number of hydrogen-bond acceptors (Lipinski definition) is 6. The minimum absolute atomic E-state index is 0.00784. The van der Waals surface area contributed by atoms with E-state index in [2.05, 4.69) is 26.6 Å². The first-order valence-corrected chi connectivity index (χ1v) is 8.31. The van der Waals surface area contributed by atoms with Crippen LogP contribution in [0.25, 0.3) is 10.1 Å². The second-order valence-electron chi connectivity index (χ2n) is 5.58. The fourth-order valence-electron chi connectivity index (χ4n) is 2.90. The van der Waals surface area contributed by atoms with Crippen LogP contribution >= 0.6 is 11.5 Å². The normalized spacial score (nSPS) is 15.3. The van der Waals surface area contributed by atoms with Crippen LogP contribution in [-0.2, 0) is 0 Å². The number of rotatable bonds is 2. The van der Waals surface area contributed by atoms with Gasteiger partial charge in [0.1, 0.15) is 17.1 Å². The molecule has 1 saturated heterocycles. The second kappa shape index (κ2) is 5.66. The Morgan fingerprint density at radius 2 is 2.00 bits per heavy atom. The van der Waals surface area contributed by atoms with Gasteiger partial charge in [0.05, 0.1) is 10.9 Å². The van der Waals surface area contributed by atoms with Gasteiger partial charge in [-0.1, -0.05) is 17.3 Å². The van der Waals surface area contributed by atoms with Crippen LogP contribution < -0.4 is 4.90 Å². The van der Waals surface area contributed by atoms with Gasteiger partial charge >= 0.3 is 0 Å². The van der Waals surface area contributed by atoms with Crippen molar-refractivity contribution in [3.63, 3.8) is 0 Å². The molecule has 0 unspecified atom stereocenters. The van der Waals surface area contributed by atoms with Crippen molar-refractivity contribution in [3.05, 3.63) is 41.8 Å². The highest BCUT2D eigenvalue weighted by atomic mass is 32.1. The van der Waals surface area contributed by atoms with Gasteiger partial charge in [0.25, 0.3) is 5.91 Å². The third-order valence-corrected chi connectivity index (χ3v) is 5.02. The van der Waals surface area contributed by atoms with E-state index in [1.54, 1.807) is 6.92 Å². The number of carbonyl (C=O) groups excluding carboxylic acids is 1. The third-order valence-electron chi connectivity index (χ3n) is 4.21. The molecule has 1 aliphatic heterocycles. The molecule has 0 bridgehead atoms. The Kier molecular flexibility index (Phi) is 3.49. The Bertz CT molecular complexity index is 849. The first-order chi connectivity index (χ1) is 11.2. The molecule has 0 N–H and O–H groups in total. The van der Waals surface area contributed by atoms with Gasteiger partial charge in [0.2, 0.25) is 0 Å². The molecule has 0 atom stereocenters. The molecule has 2 aromatic heterocycles. The van der Waals surface area contributed by atoms with Gasteiger partial charge in [-0.25, -0.2) is 0 Å². The van der Waals surface area contributed by atoms with Crippen LogP contribution in [0.1, 0.15) is 16.1 Å². The number of piperazine rings is 1. The SMILES string of the molecule is Cc1oncc1C(=O)N1CCN(c2nsc3ccccc23)CC1. The van der Waals surface area contributed by atoms with Crippen molar-refractivity contribution in [2.24, 2.45) is 0 Å². The number of amides is 1. The molecule has 23 heavy (non-hydrogen) atoms. The summed E-state index contributed by atoms with van der Waals surface area (Å²) in [5.41, 5.74) is 0.553. The van der Waals surface area contributed by atoms with E-state index in [0.29, 0.717) is 24.4 Å². The van der Waals surface area contributed by atoms with Gasteiger partial charge in [-0.2, -0.15) is 4.37 Å². The van der Waals surface area contributed by atoms with Gasteiger partial charge in [-0.3, -0.25) is 4.79 Å². The third kappa shape index (κ3) is 2.46. The van der Waals surface area contributed by atoms with Crippen molar-refractivity contribution in [1.82, 2.24) is 14.4 Å². The lowest BCUT2D eigenvalue weighted by Gasteiger charge is -2.34. The first-order valence-electron chi connectivity index (χ1n) is 7.54. The van der Waals surface area contributed by atoms with Crippen LogP contribution in [0.4, 0.5) is 5.82 Å². The van der Waals surface area contributed by atoms with Crippen LogP contribution in [0.2, 0.25) is 0 Å². The van der Waals surface area contributed by atoms with Crippen LogP contribution in [0, 0.1) is 6.92 Å². The van der Waals surface area contributed by atoms with Crippen LogP contribution in [0.3, 0.4) is 0 Å². The van der Waals surface area contributed by atoms with E-state index in [1.165, 1.54) is 27.8 Å². The summed E-state index contributed by atoms with van der Waals surface area (Å²) in [6, 6.07) is 8.26. The van der Waals surface area contributed by atoms with E-state index in [-0.39, 0.29) is 5.91 Å². The number of hydrogen-bond donors (Lipinski definition) is 0. The maximum absolute atomic E-state index is 12.5. The summed E-state index contributed by atoms with van der Waals surface area (Å²) < 4.78 is 10.8. The summed E-state index contributed by atoms with van der Waals surface area (Å²) in [6.45, 7) is 4.68. The molecule has 0 spiro atoms. The molecule has 1 aliphatic rings. The fourth-order valence-corrected chi connectivity index (χ4v) is 3.69. The molecule has 3 aromatic rings. The first kappa shape index (κ1) is 14.2. The molecule has 4 rings (SSSR count). The van der Waals surface area contributed by atoms with Crippen molar-refractivity contribution in [2.75, 3.05) is 31.1 Å². The largest absolute Gasteiger partial charge is 0.361 e. The van der Waals surface area contributed by atoms with Crippen molar-refractivity contribution >= 4 is 33.3 Å². The maximum Gasteiger partial charge on any atom is 0.259 e. The van der Waals surface area contributed by atoms with Gasteiger partial charge in [0.15, 0.2) is 0 Å². The lowest BCUT2D eigenvalue weighted by atomic mass is 10.2. The number of benzene rings is 1. The summed E-state index contributed by atoms with van der Waals surface area (Å²) >= 11 is 1.52. The Balaban J connectivity index is 1.49. The molecular weight excluding hydrogens is 312 g/mol. The highest BCUT2D eigenvalue weighted by Crippen LogP contribution is 2.30. The van der Waals surface area contributed by atoms with Crippen LogP contribution in [-0.4, -0.2) is 46.5 Å². The number of anilines is 1. The molecule has 1 amide bonds. The number of carbonyl (C=O) groups is 1. The Morgan fingerprint density at radius 1 is 1.22 bits per heavy atom. The maximum atomic E-state index is 12.5. The predicted octanol–water partition coefficient (Wildman–Crippen LogP) is 2.56. The van der Waals surface area contributed by atoms with E-state index in [4.69, 9.17) is 4.52 Å². The van der Waals surface area contributed by atoms with Gasteiger partial charge in [0, 0.05) is 31.6 Å². The van der Waals surface area contributed by atoms with E-state index in [9.17, 15) is 4.79 Å². The van der Waals surface area contributed by atoms with Crippen LogP contribution in [0.5, 0.6) is 0 Å². The van der Waals surface area contributed by atoms with E-state index in [1.807, 2.05) is 17.0 Å². The number of fused-ring (bicyclic) bond motifs is 1. The summed E-state index contributed by atoms with van der Waals surface area (Å²) in [7, 11) is 0. The molecule has 1 aromatic carbocycles. The molecule has 0 radical (unpaired) electrons. The lowest BCUT2D eigenvalue weighted by Crippen LogP contribution is -2.49. The van der Waals surface area contributed by atoms with E-state index < -0.39 is 0 Å². The van der Waals surface area contributed by atoms with Crippen molar-refractivity contribution in [1.29, 1.82) is 0 Å². The van der Waals surface area contributed by atoms with Crippen molar-refractivity contribution < 1.29 is 9.32 Å². The average Bonchev–Trinajstić information content (AvgIpc) is 3.20. The Hall–Kier alpha value is -2.41. The lowest BCUT2D eigenvalue weighted by molar-refractivity contribution is 0.0745. The van der Waals surface area contributed by atoms with Gasteiger partial charge in [-0.15, -0.1) is 0 Å². The highest BCUT2D eigenvalue weighted by molar-refractivity contribution is 7.13. The zero-order chi connectivity index (χ0) is 15.8. The molecule has 118 valence electrons. The summed E-state index contributed by atoms with van der Waals surface area (Å²) in [5, 5.41) is 4.87. The second-order valence-corrected chi connectivity index (χ2v) is 6.38. The monoisotopic (exact) mass is 328 g/mol.